The molecule has 0 amide bonds. The first-order chi connectivity index (χ1) is 12.2. The summed E-state index contributed by atoms with van der Waals surface area (Å²) in [5, 5.41) is 0.649. The quantitative estimate of drug-likeness (QED) is 0.580. The van der Waals surface area contributed by atoms with Crippen LogP contribution < -0.4 is 10.5 Å². The van der Waals surface area contributed by atoms with Gasteiger partial charge in [0.2, 0.25) is 0 Å². The van der Waals surface area contributed by atoms with E-state index in [0.717, 1.165) is 27.6 Å². The maximum atomic E-state index is 12.4. The topological polar surface area (TPSA) is 63.3 Å². The van der Waals surface area contributed by atoms with E-state index in [0.29, 0.717) is 17.8 Å². The summed E-state index contributed by atoms with van der Waals surface area (Å²) < 4.78 is 5.38. The third kappa shape index (κ3) is 3.40. The van der Waals surface area contributed by atoms with Crippen molar-refractivity contribution in [1.29, 1.82) is 0 Å². The molecule has 4 aromatic rings. The molecule has 0 saturated carbocycles. The molecule has 126 valence electrons. The van der Waals surface area contributed by atoms with Crippen LogP contribution in [0.5, 0.6) is 0 Å². The second-order valence-electron chi connectivity index (χ2n) is 6.10. The number of furan rings is 1. The number of nitrogens with zero attached hydrogens (tertiary/aromatic N) is 1. The van der Waals surface area contributed by atoms with Crippen LogP contribution in [0.3, 0.4) is 0 Å². The standard InChI is InChI=1S/C19H17N3O2S/c1-22(11-14-8-5-9-24-14)12-17-20-18(23)15-10-16(25-19(15)21-17)13-6-3-2-4-7-13/h2-10H,11-12H2,1H3,(H,20,21,23)/p+1. The summed E-state index contributed by atoms with van der Waals surface area (Å²) in [6, 6.07) is 15.8. The molecule has 1 unspecified atom stereocenters. The lowest BCUT2D eigenvalue weighted by atomic mass is 10.2. The molecule has 4 rings (SSSR count). The molecule has 0 fully saturated rings. The van der Waals surface area contributed by atoms with Gasteiger partial charge in [0.25, 0.3) is 5.56 Å². The highest BCUT2D eigenvalue weighted by Crippen LogP contribution is 2.30. The number of quaternary nitrogens is 1. The summed E-state index contributed by atoms with van der Waals surface area (Å²) in [6.45, 7) is 1.37. The number of hydrogen-bond acceptors (Lipinski definition) is 4. The predicted octanol–water partition coefficient (Wildman–Crippen LogP) is 2.46. The Morgan fingerprint density at radius 3 is 2.76 bits per heavy atom. The monoisotopic (exact) mass is 352 g/mol. The highest BCUT2D eigenvalue weighted by atomic mass is 32.1. The maximum absolute atomic E-state index is 12.4. The summed E-state index contributed by atoms with van der Waals surface area (Å²) in [5.74, 6) is 1.62. The second-order valence-corrected chi connectivity index (χ2v) is 7.13. The Bertz CT molecular complexity index is 1040. The first kappa shape index (κ1) is 15.8. The molecule has 0 bridgehead atoms. The first-order valence-corrected chi connectivity index (χ1v) is 8.92. The van der Waals surface area contributed by atoms with Gasteiger partial charge in [0.05, 0.1) is 18.7 Å². The van der Waals surface area contributed by atoms with Crippen LogP contribution in [-0.2, 0) is 13.1 Å². The molecular formula is C19H18N3O2S+. The zero-order chi connectivity index (χ0) is 17.2. The number of benzene rings is 1. The van der Waals surface area contributed by atoms with Crippen molar-refractivity contribution in [3.63, 3.8) is 0 Å². The van der Waals surface area contributed by atoms with E-state index in [9.17, 15) is 4.79 Å². The lowest BCUT2D eigenvalue weighted by Gasteiger charge is -2.11. The van der Waals surface area contributed by atoms with Crippen molar-refractivity contribution in [2.24, 2.45) is 0 Å². The molecule has 5 nitrogen and oxygen atoms in total. The SMILES string of the molecule is C[NH+](Cc1nc2sc(-c3ccccc3)cc2c(=O)[nH]1)Cc1ccco1. The van der Waals surface area contributed by atoms with Crippen LogP contribution in [0.25, 0.3) is 20.7 Å². The van der Waals surface area contributed by atoms with Gasteiger partial charge in [-0.2, -0.15) is 0 Å². The summed E-state index contributed by atoms with van der Waals surface area (Å²) in [5.41, 5.74) is 1.02. The average molecular weight is 352 g/mol. The minimum absolute atomic E-state index is 0.0794. The Hall–Kier alpha value is -2.70. The summed E-state index contributed by atoms with van der Waals surface area (Å²) >= 11 is 1.55. The van der Waals surface area contributed by atoms with E-state index in [4.69, 9.17) is 4.42 Å². The van der Waals surface area contributed by atoms with Crippen molar-refractivity contribution in [2.45, 2.75) is 13.1 Å². The minimum Gasteiger partial charge on any atom is -0.463 e. The Kier molecular flexibility index (Phi) is 4.21. The maximum Gasteiger partial charge on any atom is 0.259 e. The Morgan fingerprint density at radius 2 is 2.00 bits per heavy atom. The van der Waals surface area contributed by atoms with Gasteiger partial charge in [0, 0.05) is 4.88 Å². The van der Waals surface area contributed by atoms with E-state index < -0.39 is 0 Å². The third-order valence-corrected chi connectivity index (χ3v) is 5.11. The molecule has 1 atom stereocenters. The second kappa shape index (κ2) is 6.66. The van der Waals surface area contributed by atoms with Gasteiger partial charge in [-0.1, -0.05) is 30.3 Å². The van der Waals surface area contributed by atoms with Crippen molar-refractivity contribution in [1.82, 2.24) is 9.97 Å². The minimum atomic E-state index is -0.0794. The zero-order valence-corrected chi connectivity index (χ0v) is 14.6. The normalized spacial score (nSPS) is 12.5. The van der Waals surface area contributed by atoms with Gasteiger partial charge in [-0.15, -0.1) is 11.3 Å². The highest BCUT2D eigenvalue weighted by Gasteiger charge is 2.13. The molecule has 0 saturated heterocycles. The fourth-order valence-corrected chi connectivity index (χ4v) is 3.92. The van der Waals surface area contributed by atoms with Gasteiger partial charge in [-0.25, -0.2) is 4.98 Å². The number of hydrogen-bond donors (Lipinski definition) is 2. The smallest absolute Gasteiger partial charge is 0.259 e. The van der Waals surface area contributed by atoms with Gasteiger partial charge >= 0.3 is 0 Å². The Labute approximate surface area is 148 Å². The number of H-pyrrole nitrogens is 1. The van der Waals surface area contributed by atoms with E-state index in [1.54, 1.807) is 17.6 Å². The molecule has 3 heterocycles. The summed E-state index contributed by atoms with van der Waals surface area (Å²) in [4.78, 5) is 23.0. The largest absolute Gasteiger partial charge is 0.463 e. The summed E-state index contributed by atoms with van der Waals surface area (Å²) in [7, 11) is 2.05. The van der Waals surface area contributed by atoms with Gasteiger partial charge in [-0.05, 0) is 23.8 Å². The number of aromatic nitrogens is 2. The van der Waals surface area contributed by atoms with E-state index in [-0.39, 0.29) is 5.56 Å². The average Bonchev–Trinajstić information content (AvgIpc) is 3.25. The van der Waals surface area contributed by atoms with E-state index >= 15 is 0 Å². The number of rotatable bonds is 5. The molecule has 3 aromatic heterocycles. The van der Waals surface area contributed by atoms with Gasteiger partial charge in [-0.3, -0.25) is 4.79 Å². The molecule has 0 aliphatic heterocycles. The van der Waals surface area contributed by atoms with Crippen molar-refractivity contribution >= 4 is 21.6 Å². The lowest BCUT2D eigenvalue weighted by Crippen LogP contribution is -3.06. The fraction of sp³-hybridized carbons (Fsp3) is 0.158. The summed E-state index contributed by atoms with van der Waals surface area (Å²) in [6.07, 6.45) is 1.67. The molecule has 1 aromatic carbocycles. The molecule has 2 N–H and O–H groups in total. The van der Waals surface area contributed by atoms with Crippen LogP contribution >= 0.6 is 11.3 Å². The van der Waals surface area contributed by atoms with Crippen LogP contribution in [0.4, 0.5) is 0 Å². The molecule has 25 heavy (non-hydrogen) atoms. The fourth-order valence-electron chi connectivity index (χ4n) is 2.86. The van der Waals surface area contributed by atoms with Crippen LogP contribution in [0.15, 0.2) is 64.0 Å². The van der Waals surface area contributed by atoms with Crippen LogP contribution in [-0.4, -0.2) is 17.0 Å². The van der Waals surface area contributed by atoms with Crippen molar-refractivity contribution in [3.05, 3.63) is 76.7 Å². The van der Waals surface area contributed by atoms with Gasteiger partial charge in [0.15, 0.2) is 11.6 Å². The van der Waals surface area contributed by atoms with Gasteiger partial charge < -0.3 is 14.3 Å². The lowest BCUT2D eigenvalue weighted by molar-refractivity contribution is -0.909. The van der Waals surface area contributed by atoms with E-state index in [1.807, 2.05) is 48.5 Å². The van der Waals surface area contributed by atoms with Crippen LogP contribution in [0.2, 0.25) is 0 Å². The van der Waals surface area contributed by atoms with Crippen molar-refractivity contribution in [2.75, 3.05) is 7.05 Å². The third-order valence-electron chi connectivity index (χ3n) is 4.04. The number of thiophene rings is 1. The Morgan fingerprint density at radius 1 is 1.16 bits per heavy atom. The molecule has 0 aliphatic rings. The molecular weight excluding hydrogens is 334 g/mol. The first-order valence-electron chi connectivity index (χ1n) is 8.11. The highest BCUT2D eigenvalue weighted by molar-refractivity contribution is 7.21. The van der Waals surface area contributed by atoms with Crippen LogP contribution in [0.1, 0.15) is 11.6 Å². The van der Waals surface area contributed by atoms with Crippen molar-refractivity contribution in [3.8, 4) is 10.4 Å². The predicted molar refractivity (Wildman–Crippen MR) is 98.7 cm³/mol. The zero-order valence-electron chi connectivity index (χ0n) is 13.8. The van der Waals surface area contributed by atoms with E-state index in [1.165, 1.54) is 4.90 Å². The molecule has 0 aliphatic carbocycles. The molecule has 0 radical (unpaired) electrons. The van der Waals surface area contributed by atoms with Crippen LogP contribution in [0, 0.1) is 0 Å². The molecule has 6 heteroatoms. The molecule has 0 spiro atoms. The van der Waals surface area contributed by atoms with Crippen molar-refractivity contribution < 1.29 is 9.32 Å². The Balaban J connectivity index is 1.62. The number of fused-ring (bicyclic) bond motifs is 1. The number of aromatic amines is 1. The van der Waals surface area contributed by atoms with Gasteiger partial charge in [0.1, 0.15) is 17.9 Å². The van der Waals surface area contributed by atoms with E-state index in [2.05, 4.69) is 17.0 Å². The number of nitrogens with one attached hydrogen (secondary N) is 2.